The monoisotopic (exact) mass is 734 g/mol. The maximum absolute atomic E-state index is 14.0. The number of sulfone groups is 1. The molecule has 0 saturated carbocycles. The molecule has 8 aromatic carbocycles. The molecule has 262 valence electrons. The lowest BCUT2D eigenvalue weighted by Crippen LogP contribution is -2.43. The van der Waals surface area contributed by atoms with Crippen LogP contribution in [0.1, 0.15) is 44.5 Å². The number of rotatable bonds is 1. The standard InChI is InChI=1S/C51H30N2O2S/c54-56(55)46-26-12-11-25-45(46)53-48-44(24-13-27-47(48)56)52-49(53)31-28-29-35-34-16-3-6-19-38(34)51(43(35)30-31)41-22-9-7-20-39(41)50(40-21-8-10-23-42(40)51)36-17-4-1-14-32(36)33-15-2-5-18-37(33)50/h1-30H. The van der Waals surface area contributed by atoms with Gasteiger partial charge in [0, 0.05) is 5.56 Å². The van der Waals surface area contributed by atoms with Crippen molar-refractivity contribution in [1.82, 2.24) is 9.55 Å². The van der Waals surface area contributed by atoms with Crippen molar-refractivity contribution in [2.45, 2.75) is 20.6 Å². The van der Waals surface area contributed by atoms with Crippen molar-refractivity contribution in [2.75, 3.05) is 0 Å². The van der Waals surface area contributed by atoms with E-state index in [1.54, 1.807) is 24.3 Å². The Balaban J connectivity index is 1.16. The van der Waals surface area contributed by atoms with Crippen LogP contribution in [0.3, 0.4) is 0 Å². The summed E-state index contributed by atoms with van der Waals surface area (Å²) >= 11 is 0. The molecule has 0 atom stereocenters. The van der Waals surface area contributed by atoms with Gasteiger partial charge in [0.2, 0.25) is 9.84 Å². The third-order valence-electron chi connectivity index (χ3n) is 13.1. The first kappa shape index (κ1) is 30.5. The Morgan fingerprint density at radius 3 is 1.43 bits per heavy atom. The fourth-order valence-corrected chi connectivity index (χ4v) is 12.7. The Hall–Kier alpha value is -6.82. The van der Waals surface area contributed by atoms with Crippen LogP contribution in [0.2, 0.25) is 0 Å². The van der Waals surface area contributed by atoms with Crippen molar-refractivity contribution in [3.63, 3.8) is 0 Å². The topological polar surface area (TPSA) is 52.0 Å². The lowest BCUT2D eigenvalue weighted by Gasteiger charge is -2.48. The molecule has 0 bridgehead atoms. The maximum Gasteiger partial charge on any atom is 0.210 e. The highest BCUT2D eigenvalue weighted by atomic mass is 32.2. The molecule has 1 aromatic heterocycles. The van der Waals surface area contributed by atoms with Crippen LogP contribution >= 0.6 is 0 Å². The summed E-state index contributed by atoms with van der Waals surface area (Å²) in [6.45, 7) is 0. The minimum Gasteiger partial charge on any atom is -0.290 e. The van der Waals surface area contributed by atoms with Gasteiger partial charge in [-0.05, 0) is 97.1 Å². The Kier molecular flexibility index (Phi) is 5.59. The molecule has 0 saturated heterocycles. The van der Waals surface area contributed by atoms with Crippen molar-refractivity contribution in [3.8, 4) is 39.3 Å². The second kappa shape index (κ2) is 10.3. The molecule has 2 heterocycles. The number of para-hydroxylation sites is 2. The van der Waals surface area contributed by atoms with E-state index < -0.39 is 20.7 Å². The fraction of sp³-hybridized carbons (Fsp3) is 0.0392. The summed E-state index contributed by atoms with van der Waals surface area (Å²) in [7, 11) is -3.73. The van der Waals surface area contributed by atoms with Crippen molar-refractivity contribution in [2.24, 2.45) is 0 Å². The zero-order valence-corrected chi connectivity index (χ0v) is 30.8. The van der Waals surface area contributed by atoms with Gasteiger partial charge in [0.1, 0.15) is 5.82 Å². The van der Waals surface area contributed by atoms with E-state index in [4.69, 9.17) is 4.98 Å². The molecule has 1 aliphatic heterocycles. The molecule has 4 nitrogen and oxygen atoms in total. The Bertz CT molecular complexity index is 3260. The minimum absolute atomic E-state index is 0.287. The molecular weight excluding hydrogens is 705 g/mol. The molecule has 0 unspecified atom stereocenters. The molecule has 0 amide bonds. The predicted molar refractivity (Wildman–Crippen MR) is 220 cm³/mol. The van der Waals surface area contributed by atoms with Crippen molar-refractivity contribution >= 4 is 20.9 Å². The number of imidazole rings is 1. The molecular formula is C51H30N2O2S. The highest BCUT2D eigenvalue weighted by molar-refractivity contribution is 7.92. The average Bonchev–Trinajstić information content (AvgIpc) is 3.88. The van der Waals surface area contributed by atoms with E-state index in [9.17, 15) is 8.42 Å². The third kappa shape index (κ3) is 3.32. The van der Waals surface area contributed by atoms with Crippen molar-refractivity contribution < 1.29 is 8.42 Å². The van der Waals surface area contributed by atoms with Gasteiger partial charge in [0.05, 0.1) is 37.3 Å². The van der Waals surface area contributed by atoms with Gasteiger partial charge in [-0.1, -0.05) is 152 Å². The smallest absolute Gasteiger partial charge is 0.210 e. The molecule has 0 N–H and O–H groups in total. The molecule has 13 rings (SSSR count). The second-order valence-electron chi connectivity index (χ2n) is 15.4. The van der Waals surface area contributed by atoms with E-state index in [2.05, 4.69) is 144 Å². The van der Waals surface area contributed by atoms with Crippen LogP contribution in [-0.2, 0) is 20.7 Å². The van der Waals surface area contributed by atoms with Crippen LogP contribution < -0.4 is 0 Å². The van der Waals surface area contributed by atoms with Gasteiger partial charge in [0.15, 0.2) is 0 Å². The third-order valence-corrected chi connectivity index (χ3v) is 14.9. The summed E-state index contributed by atoms with van der Waals surface area (Å²) in [4.78, 5) is 5.80. The molecule has 56 heavy (non-hydrogen) atoms. The van der Waals surface area contributed by atoms with Gasteiger partial charge in [-0.3, -0.25) is 4.57 Å². The molecule has 9 aromatic rings. The molecule has 0 radical (unpaired) electrons. The predicted octanol–water partition coefficient (Wildman–Crippen LogP) is 10.9. The first-order chi connectivity index (χ1) is 27.6. The normalized spacial score (nSPS) is 16.1. The van der Waals surface area contributed by atoms with Gasteiger partial charge in [-0.25, -0.2) is 13.4 Å². The number of hydrogen-bond acceptors (Lipinski definition) is 3. The average molecular weight is 735 g/mol. The SMILES string of the molecule is O=S1(=O)c2ccccc2-n2c(-c3ccc4c(c3)C3(c5ccccc5-4)c4ccccc4C4(c5ccccc5-c5ccccc54)c4ccccc43)nc3cccc1c32. The Morgan fingerprint density at radius 2 is 0.857 bits per heavy atom. The summed E-state index contributed by atoms with van der Waals surface area (Å²) < 4.78 is 30.0. The van der Waals surface area contributed by atoms with E-state index in [1.807, 2.05) is 18.2 Å². The number of aromatic nitrogens is 2. The largest absolute Gasteiger partial charge is 0.290 e. The summed E-state index contributed by atoms with van der Waals surface area (Å²) in [5, 5.41) is 0. The lowest BCUT2D eigenvalue weighted by molar-refractivity contribution is 0.594. The van der Waals surface area contributed by atoms with Crippen molar-refractivity contribution in [3.05, 3.63) is 226 Å². The minimum atomic E-state index is -3.73. The van der Waals surface area contributed by atoms with Gasteiger partial charge in [-0.15, -0.1) is 0 Å². The number of fused-ring (bicyclic) bond motifs is 18. The van der Waals surface area contributed by atoms with Gasteiger partial charge >= 0.3 is 0 Å². The summed E-state index contributed by atoms with van der Waals surface area (Å²) in [5.41, 5.74) is 16.8. The molecule has 2 spiro atoms. The van der Waals surface area contributed by atoms with E-state index in [-0.39, 0.29) is 4.90 Å². The van der Waals surface area contributed by atoms with Gasteiger partial charge < -0.3 is 0 Å². The molecule has 5 heteroatoms. The highest BCUT2D eigenvalue weighted by Crippen LogP contribution is 2.67. The van der Waals surface area contributed by atoms with Crippen LogP contribution in [0.25, 0.3) is 50.4 Å². The van der Waals surface area contributed by atoms with E-state index in [0.717, 1.165) is 11.4 Å². The number of hydrogen-bond donors (Lipinski definition) is 0. The lowest BCUT2D eigenvalue weighted by atomic mass is 9.52. The molecule has 4 aliphatic rings. The first-order valence-corrected chi connectivity index (χ1v) is 20.5. The van der Waals surface area contributed by atoms with E-state index >= 15 is 0 Å². The fourth-order valence-electron chi connectivity index (χ4n) is 11.1. The summed E-state index contributed by atoms with van der Waals surface area (Å²) in [5.74, 6) is 0.719. The number of nitrogens with zero attached hydrogens (tertiary/aromatic N) is 2. The molecule has 0 fully saturated rings. The first-order valence-electron chi connectivity index (χ1n) is 19.1. The molecule has 3 aliphatic carbocycles. The highest BCUT2D eigenvalue weighted by Gasteiger charge is 2.58. The zero-order chi connectivity index (χ0) is 37.0. The van der Waals surface area contributed by atoms with Gasteiger partial charge in [-0.2, -0.15) is 0 Å². The quantitative estimate of drug-likeness (QED) is 0.169. The maximum atomic E-state index is 14.0. The van der Waals surface area contributed by atoms with Crippen molar-refractivity contribution in [1.29, 1.82) is 0 Å². The van der Waals surface area contributed by atoms with Crippen LogP contribution in [0.4, 0.5) is 0 Å². The summed E-state index contributed by atoms with van der Waals surface area (Å²) in [6, 6.07) is 64.5. The van der Waals surface area contributed by atoms with E-state index in [1.165, 1.54) is 66.8 Å². The van der Waals surface area contributed by atoms with E-state index in [0.29, 0.717) is 21.6 Å². The number of benzene rings is 8. The van der Waals surface area contributed by atoms with Crippen LogP contribution in [-0.4, -0.2) is 18.0 Å². The van der Waals surface area contributed by atoms with Crippen LogP contribution in [0.15, 0.2) is 192 Å². The Morgan fingerprint density at radius 1 is 0.411 bits per heavy atom. The zero-order valence-electron chi connectivity index (χ0n) is 29.9. The van der Waals surface area contributed by atoms with Gasteiger partial charge in [0.25, 0.3) is 0 Å². The van der Waals surface area contributed by atoms with Crippen LogP contribution in [0, 0.1) is 0 Å². The Labute approximate surface area is 323 Å². The van der Waals surface area contributed by atoms with Crippen LogP contribution in [0.5, 0.6) is 0 Å². The summed E-state index contributed by atoms with van der Waals surface area (Å²) in [6.07, 6.45) is 0. The second-order valence-corrected chi connectivity index (χ2v) is 17.2.